The molecular weight excluding hydrogens is 296 g/mol. The second-order valence-corrected chi connectivity index (χ2v) is 6.69. The maximum absolute atomic E-state index is 9.86. The number of fused-ring (bicyclic) bond motifs is 2. The van der Waals surface area contributed by atoms with E-state index in [4.69, 9.17) is 0 Å². The van der Waals surface area contributed by atoms with Crippen molar-refractivity contribution in [3.8, 4) is 0 Å². The molecule has 2 aromatic rings. The molecule has 0 unspecified atom stereocenters. The summed E-state index contributed by atoms with van der Waals surface area (Å²) in [7, 11) is 0. The lowest BCUT2D eigenvalue weighted by atomic mass is 9.84. The molecule has 1 saturated carbocycles. The summed E-state index contributed by atoms with van der Waals surface area (Å²) in [5, 5.41) is 19.7. The van der Waals surface area contributed by atoms with Gasteiger partial charge >= 0.3 is 0 Å². The number of benzene rings is 2. The third-order valence-corrected chi connectivity index (χ3v) is 5.55. The van der Waals surface area contributed by atoms with Crippen LogP contribution >= 0.6 is 0 Å². The Morgan fingerprint density at radius 2 is 1.08 bits per heavy atom. The van der Waals surface area contributed by atoms with E-state index in [0.29, 0.717) is 0 Å². The fourth-order valence-electron chi connectivity index (χ4n) is 4.49. The van der Waals surface area contributed by atoms with Crippen molar-refractivity contribution in [3.05, 3.63) is 89.5 Å². The molecule has 24 heavy (non-hydrogen) atoms. The first-order valence-electron chi connectivity index (χ1n) is 8.60. The number of aliphatic hydroxyl groups excluding tert-OH is 2. The van der Waals surface area contributed by atoms with Crippen molar-refractivity contribution >= 4 is 5.57 Å². The first kappa shape index (κ1) is 15.4. The Hall–Kier alpha value is -2.16. The molecule has 0 radical (unpaired) electrons. The highest BCUT2D eigenvalue weighted by Crippen LogP contribution is 2.54. The van der Waals surface area contributed by atoms with Crippen LogP contribution in [-0.2, 0) is 0 Å². The lowest BCUT2D eigenvalue weighted by Gasteiger charge is -2.23. The highest BCUT2D eigenvalue weighted by molar-refractivity contribution is 5.84. The van der Waals surface area contributed by atoms with Gasteiger partial charge < -0.3 is 10.2 Å². The quantitative estimate of drug-likeness (QED) is 0.847. The summed E-state index contributed by atoms with van der Waals surface area (Å²) in [6.45, 7) is 0.244. The van der Waals surface area contributed by atoms with Crippen molar-refractivity contribution in [1.82, 2.24) is 0 Å². The zero-order chi connectivity index (χ0) is 16.5. The van der Waals surface area contributed by atoms with Crippen LogP contribution in [0.5, 0.6) is 0 Å². The second-order valence-electron chi connectivity index (χ2n) is 6.69. The molecular formula is C22H22O2. The van der Waals surface area contributed by atoms with Gasteiger partial charge in [-0.3, -0.25) is 0 Å². The van der Waals surface area contributed by atoms with Crippen molar-refractivity contribution < 1.29 is 10.2 Å². The van der Waals surface area contributed by atoms with Crippen LogP contribution in [0.15, 0.2) is 78.4 Å². The average molecular weight is 318 g/mol. The number of aliphatic hydroxyl groups is 2. The van der Waals surface area contributed by atoms with Gasteiger partial charge in [-0.1, -0.05) is 72.8 Å². The number of hydrogen-bond acceptors (Lipinski definition) is 2. The van der Waals surface area contributed by atoms with Gasteiger partial charge in [-0.2, -0.15) is 0 Å². The van der Waals surface area contributed by atoms with Gasteiger partial charge in [-0.05, 0) is 34.1 Å². The molecule has 1 fully saturated rings. The van der Waals surface area contributed by atoms with Crippen LogP contribution in [0.3, 0.4) is 0 Å². The number of allylic oxidation sites excluding steroid dienone is 3. The molecule has 2 bridgehead atoms. The Labute approximate surface area is 142 Å². The largest absolute Gasteiger partial charge is 0.396 e. The summed E-state index contributed by atoms with van der Waals surface area (Å²) in [6.07, 6.45) is 4.44. The lowest BCUT2D eigenvalue weighted by Crippen LogP contribution is -2.25. The summed E-state index contributed by atoms with van der Waals surface area (Å²) >= 11 is 0. The highest BCUT2D eigenvalue weighted by Gasteiger charge is 2.48. The molecule has 2 aromatic carbocycles. The second kappa shape index (κ2) is 6.39. The third kappa shape index (κ3) is 2.34. The monoisotopic (exact) mass is 318 g/mol. The number of hydrogen-bond donors (Lipinski definition) is 2. The summed E-state index contributed by atoms with van der Waals surface area (Å²) in [6, 6.07) is 20.9. The van der Waals surface area contributed by atoms with Crippen molar-refractivity contribution in [1.29, 1.82) is 0 Å². The summed E-state index contributed by atoms with van der Waals surface area (Å²) in [4.78, 5) is 0. The summed E-state index contributed by atoms with van der Waals surface area (Å²) in [5.41, 5.74) is 5.01. The van der Waals surface area contributed by atoms with E-state index in [0.717, 1.165) is 0 Å². The highest BCUT2D eigenvalue weighted by atomic mass is 16.3. The third-order valence-electron chi connectivity index (χ3n) is 5.55. The molecule has 4 atom stereocenters. The van der Waals surface area contributed by atoms with Crippen LogP contribution in [0.4, 0.5) is 0 Å². The molecule has 2 aliphatic carbocycles. The smallest absolute Gasteiger partial charge is 0.0471 e. The molecule has 2 aliphatic rings. The molecule has 0 heterocycles. The van der Waals surface area contributed by atoms with Crippen LogP contribution in [0.1, 0.15) is 11.1 Å². The van der Waals surface area contributed by atoms with Crippen LogP contribution in [0.25, 0.3) is 5.57 Å². The number of rotatable bonds is 4. The fraction of sp³-hybridized carbons (Fsp3) is 0.273. The zero-order valence-corrected chi connectivity index (χ0v) is 13.5. The fourth-order valence-corrected chi connectivity index (χ4v) is 4.49. The van der Waals surface area contributed by atoms with E-state index in [1.807, 2.05) is 12.1 Å². The van der Waals surface area contributed by atoms with Gasteiger partial charge in [-0.15, -0.1) is 0 Å². The molecule has 0 saturated heterocycles. The predicted molar refractivity (Wildman–Crippen MR) is 96.2 cm³/mol. The molecule has 2 nitrogen and oxygen atoms in total. The van der Waals surface area contributed by atoms with Crippen LogP contribution in [0, 0.1) is 23.7 Å². The zero-order valence-electron chi connectivity index (χ0n) is 13.5. The molecule has 0 aliphatic heterocycles. The molecule has 4 rings (SSSR count). The Morgan fingerprint density at radius 1 is 0.667 bits per heavy atom. The molecule has 0 spiro atoms. The topological polar surface area (TPSA) is 40.5 Å². The van der Waals surface area contributed by atoms with Gasteiger partial charge in [0.25, 0.3) is 0 Å². The van der Waals surface area contributed by atoms with Crippen LogP contribution in [0.2, 0.25) is 0 Å². The first-order chi connectivity index (χ1) is 11.8. The van der Waals surface area contributed by atoms with Crippen LogP contribution < -0.4 is 0 Å². The summed E-state index contributed by atoms with van der Waals surface area (Å²) < 4.78 is 0. The SMILES string of the molecule is OC[C@H]1[C@H](CO)[C@H]2C=C[C@@H]1C2=C(c1ccccc1)c1ccccc1. The van der Waals surface area contributed by atoms with Crippen molar-refractivity contribution in [2.24, 2.45) is 23.7 Å². The predicted octanol–water partition coefficient (Wildman–Crippen LogP) is 3.52. The Bertz CT molecular complexity index is 698. The van der Waals surface area contributed by atoms with Gasteiger partial charge in [-0.25, -0.2) is 0 Å². The van der Waals surface area contributed by atoms with Crippen molar-refractivity contribution in [2.75, 3.05) is 13.2 Å². The Morgan fingerprint density at radius 3 is 1.46 bits per heavy atom. The Balaban J connectivity index is 1.93. The summed E-state index contributed by atoms with van der Waals surface area (Å²) in [5.74, 6) is 0.657. The van der Waals surface area contributed by atoms with Crippen molar-refractivity contribution in [3.63, 3.8) is 0 Å². The van der Waals surface area contributed by atoms with Gasteiger partial charge in [0.05, 0.1) is 0 Å². The maximum atomic E-state index is 9.86. The van der Waals surface area contributed by atoms with Gasteiger partial charge in [0.2, 0.25) is 0 Å². The standard InChI is InChI=1S/C22H22O2/c23-13-19-17-11-12-18(20(19)14-24)22(17)21(15-7-3-1-4-8-15)16-9-5-2-6-10-16/h1-12,17-20,23-24H,13-14H2/t17-,18+,19-,20-/m1/s1. The molecule has 2 heteroatoms. The Kier molecular flexibility index (Phi) is 4.09. The minimum Gasteiger partial charge on any atom is -0.396 e. The molecule has 0 amide bonds. The van der Waals surface area contributed by atoms with Gasteiger partial charge in [0.15, 0.2) is 0 Å². The normalized spacial score (nSPS) is 27.7. The maximum Gasteiger partial charge on any atom is 0.0471 e. The molecule has 122 valence electrons. The first-order valence-corrected chi connectivity index (χ1v) is 8.60. The van der Waals surface area contributed by atoms with E-state index in [1.54, 1.807) is 0 Å². The van der Waals surface area contributed by atoms with E-state index in [9.17, 15) is 10.2 Å². The van der Waals surface area contributed by atoms with Gasteiger partial charge in [0.1, 0.15) is 0 Å². The van der Waals surface area contributed by atoms with Crippen LogP contribution in [-0.4, -0.2) is 23.4 Å². The van der Waals surface area contributed by atoms with Gasteiger partial charge in [0, 0.05) is 25.0 Å². The van der Waals surface area contributed by atoms with E-state index in [1.165, 1.54) is 22.3 Å². The van der Waals surface area contributed by atoms with E-state index >= 15 is 0 Å². The van der Waals surface area contributed by atoms with E-state index < -0.39 is 0 Å². The molecule has 0 aromatic heterocycles. The minimum atomic E-state index is 0.113. The average Bonchev–Trinajstić information content (AvgIpc) is 3.19. The lowest BCUT2D eigenvalue weighted by molar-refractivity contribution is 0.112. The van der Waals surface area contributed by atoms with Crippen molar-refractivity contribution in [2.45, 2.75) is 0 Å². The molecule has 2 N–H and O–H groups in total. The minimum absolute atomic E-state index is 0.113. The van der Waals surface area contributed by atoms with E-state index in [2.05, 4.69) is 60.7 Å². The van der Waals surface area contributed by atoms with E-state index in [-0.39, 0.29) is 36.9 Å².